The summed E-state index contributed by atoms with van der Waals surface area (Å²) < 4.78 is 0. The van der Waals surface area contributed by atoms with Crippen LogP contribution in [0.1, 0.15) is 18.3 Å². The Kier molecular flexibility index (Phi) is 4.33. The second-order valence-electron chi connectivity index (χ2n) is 3.58. The van der Waals surface area contributed by atoms with E-state index in [0.717, 1.165) is 5.56 Å². The maximum Gasteiger partial charge on any atom is 0.323 e. The Bertz CT molecular complexity index is 351. The maximum absolute atomic E-state index is 10.8. The van der Waals surface area contributed by atoms with Crippen LogP contribution in [-0.2, 0) is 11.3 Å². The molecule has 6 heteroatoms. The molecule has 0 spiro atoms. The molecule has 0 saturated heterocycles. The fourth-order valence-corrected chi connectivity index (χ4v) is 1.20. The zero-order valence-corrected chi connectivity index (χ0v) is 9.21. The van der Waals surface area contributed by atoms with Crippen LogP contribution in [0.5, 0.6) is 0 Å². The molecule has 0 aliphatic rings. The molecule has 2 atom stereocenters. The number of aryl methyl sites for hydroxylation is 1. The summed E-state index contributed by atoms with van der Waals surface area (Å²) in [6.45, 7) is 3.51. The molecular formula is C10H15N3O3. The molecule has 0 amide bonds. The third kappa shape index (κ3) is 3.56. The van der Waals surface area contributed by atoms with Crippen molar-refractivity contribution in [3.8, 4) is 0 Å². The third-order valence-electron chi connectivity index (χ3n) is 2.11. The Labute approximate surface area is 93.4 Å². The van der Waals surface area contributed by atoms with Gasteiger partial charge >= 0.3 is 5.97 Å². The topological polar surface area (TPSA) is 95.3 Å². The molecule has 0 unspecified atom stereocenters. The van der Waals surface area contributed by atoms with E-state index in [1.807, 2.05) is 0 Å². The first-order chi connectivity index (χ1) is 7.50. The molecule has 0 aromatic carbocycles. The number of hydrogen-bond donors (Lipinski definition) is 3. The third-order valence-corrected chi connectivity index (χ3v) is 2.11. The minimum absolute atomic E-state index is 0.308. The van der Waals surface area contributed by atoms with Crippen molar-refractivity contribution >= 4 is 5.97 Å². The lowest BCUT2D eigenvalue weighted by Crippen LogP contribution is -2.44. The van der Waals surface area contributed by atoms with Crippen molar-refractivity contribution in [2.45, 2.75) is 32.5 Å². The van der Waals surface area contributed by atoms with Crippen LogP contribution in [0.25, 0.3) is 0 Å². The van der Waals surface area contributed by atoms with Crippen molar-refractivity contribution < 1.29 is 15.0 Å². The first-order valence-corrected chi connectivity index (χ1v) is 4.92. The standard InChI is InChI=1S/C10H15N3O3/c1-6(14)9(10(15)16)13-5-8-3-11-7(2)12-4-8/h3-4,6,9,13-14H,5H2,1-2H3,(H,15,16)/t6-,9-/m1/s1. The molecule has 88 valence electrons. The summed E-state index contributed by atoms with van der Waals surface area (Å²) in [5.74, 6) is -0.419. The fourth-order valence-electron chi connectivity index (χ4n) is 1.20. The van der Waals surface area contributed by atoms with Crippen LogP contribution in [-0.4, -0.2) is 38.3 Å². The van der Waals surface area contributed by atoms with Gasteiger partial charge in [0, 0.05) is 24.5 Å². The lowest BCUT2D eigenvalue weighted by Gasteiger charge is -2.16. The van der Waals surface area contributed by atoms with Crippen LogP contribution >= 0.6 is 0 Å². The molecule has 1 aromatic rings. The van der Waals surface area contributed by atoms with E-state index in [9.17, 15) is 9.90 Å². The Hall–Kier alpha value is -1.53. The van der Waals surface area contributed by atoms with Gasteiger partial charge in [-0.3, -0.25) is 10.1 Å². The van der Waals surface area contributed by atoms with Crippen LogP contribution in [0, 0.1) is 6.92 Å². The van der Waals surface area contributed by atoms with Gasteiger partial charge in [0.1, 0.15) is 11.9 Å². The monoisotopic (exact) mass is 225 g/mol. The SMILES string of the molecule is Cc1ncc(CN[C@@H](C(=O)O)[C@@H](C)O)cn1. The minimum Gasteiger partial charge on any atom is -0.480 e. The number of rotatable bonds is 5. The predicted molar refractivity (Wildman–Crippen MR) is 56.7 cm³/mol. The zero-order chi connectivity index (χ0) is 12.1. The van der Waals surface area contributed by atoms with E-state index < -0.39 is 18.1 Å². The molecule has 0 fully saturated rings. The van der Waals surface area contributed by atoms with E-state index in [0.29, 0.717) is 12.4 Å². The number of carboxylic acid groups (broad SMARTS) is 1. The molecule has 1 aromatic heterocycles. The van der Waals surface area contributed by atoms with Crippen LogP contribution < -0.4 is 5.32 Å². The van der Waals surface area contributed by atoms with E-state index in [4.69, 9.17) is 5.11 Å². The average Bonchev–Trinajstić information content (AvgIpc) is 2.20. The molecule has 0 radical (unpaired) electrons. The van der Waals surface area contributed by atoms with Gasteiger partial charge in [0.15, 0.2) is 0 Å². The summed E-state index contributed by atoms with van der Waals surface area (Å²) in [7, 11) is 0. The van der Waals surface area contributed by atoms with E-state index in [-0.39, 0.29) is 0 Å². The Morgan fingerprint density at radius 2 is 2.06 bits per heavy atom. The number of nitrogens with one attached hydrogen (secondary N) is 1. The summed E-state index contributed by atoms with van der Waals surface area (Å²) in [4.78, 5) is 18.7. The van der Waals surface area contributed by atoms with Crippen LogP contribution in [0.3, 0.4) is 0 Å². The highest BCUT2D eigenvalue weighted by molar-refractivity contribution is 5.74. The lowest BCUT2D eigenvalue weighted by atomic mass is 10.2. The highest BCUT2D eigenvalue weighted by Gasteiger charge is 2.21. The van der Waals surface area contributed by atoms with Crippen LogP contribution in [0.15, 0.2) is 12.4 Å². The molecule has 16 heavy (non-hydrogen) atoms. The molecule has 0 aliphatic carbocycles. The molecular weight excluding hydrogens is 210 g/mol. The van der Waals surface area contributed by atoms with Gasteiger partial charge in [-0.2, -0.15) is 0 Å². The molecule has 0 aliphatic heterocycles. The van der Waals surface area contributed by atoms with Crippen LogP contribution in [0.4, 0.5) is 0 Å². The van der Waals surface area contributed by atoms with Gasteiger partial charge in [-0.1, -0.05) is 0 Å². The van der Waals surface area contributed by atoms with Crippen molar-refractivity contribution in [3.63, 3.8) is 0 Å². The average molecular weight is 225 g/mol. The molecule has 1 rings (SSSR count). The summed E-state index contributed by atoms with van der Waals surface area (Å²) >= 11 is 0. The largest absolute Gasteiger partial charge is 0.480 e. The summed E-state index contributed by atoms with van der Waals surface area (Å²) in [6.07, 6.45) is 2.29. The molecule has 0 bridgehead atoms. The molecule has 3 N–H and O–H groups in total. The van der Waals surface area contributed by atoms with Gasteiger partial charge in [0.05, 0.1) is 6.10 Å². The van der Waals surface area contributed by atoms with Gasteiger partial charge in [-0.25, -0.2) is 9.97 Å². The quantitative estimate of drug-likeness (QED) is 0.637. The van der Waals surface area contributed by atoms with Gasteiger partial charge < -0.3 is 10.2 Å². The Morgan fingerprint density at radius 1 is 1.50 bits per heavy atom. The number of aromatic nitrogens is 2. The van der Waals surface area contributed by atoms with Gasteiger partial charge in [0.2, 0.25) is 0 Å². The second-order valence-corrected chi connectivity index (χ2v) is 3.58. The van der Waals surface area contributed by atoms with Gasteiger partial charge in [-0.15, -0.1) is 0 Å². The highest BCUT2D eigenvalue weighted by atomic mass is 16.4. The normalized spacial score (nSPS) is 14.4. The van der Waals surface area contributed by atoms with Crippen molar-refractivity contribution in [2.75, 3.05) is 0 Å². The zero-order valence-electron chi connectivity index (χ0n) is 9.21. The fraction of sp³-hybridized carbons (Fsp3) is 0.500. The first-order valence-electron chi connectivity index (χ1n) is 4.92. The number of carboxylic acids is 1. The number of hydrogen-bond acceptors (Lipinski definition) is 5. The highest BCUT2D eigenvalue weighted by Crippen LogP contribution is 1.98. The number of nitrogens with zero attached hydrogens (tertiary/aromatic N) is 2. The summed E-state index contributed by atoms with van der Waals surface area (Å²) in [6, 6.07) is -0.985. The smallest absolute Gasteiger partial charge is 0.323 e. The van der Waals surface area contributed by atoms with Gasteiger partial charge in [0.25, 0.3) is 0 Å². The van der Waals surface area contributed by atoms with Crippen LogP contribution in [0.2, 0.25) is 0 Å². The molecule has 6 nitrogen and oxygen atoms in total. The van der Waals surface area contributed by atoms with Crippen molar-refractivity contribution in [1.82, 2.24) is 15.3 Å². The van der Waals surface area contributed by atoms with Crippen molar-refractivity contribution in [1.29, 1.82) is 0 Å². The van der Waals surface area contributed by atoms with E-state index in [2.05, 4.69) is 15.3 Å². The second kappa shape index (κ2) is 5.53. The first kappa shape index (κ1) is 12.5. The maximum atomic E-state index is 10.8. The van der Waals surface area contributed by atoms with E-state index in [1.54, 1.807) is 19.3 Å². The number of carbonyl (C=O) groups is 1. The Balaban J connectivity index is 2.55. The van der Waals surface area contributed by atoms with E-state index in [1.165, 1.54) is 6.92 Å². The molecule has 1 heterocycles. The summed E-state index contributed by atoms with van der Waals surface area (Å²) in [5.41, 5.74) is 0.775. The van der Waals surface area contributed by atoms with Crippen molar-refractivity contribution in [3.05, 3.63) is 23.8 Å². The summed E-state index contributed by atoms with van der Waals surface area (Å²) in [5, 5.41) is 20.8. The molecule has 0 saturated carbocycles. The van der Waals surface area contributed by atoms with Crippen molar-refractivity contribution in [2.24, 2.45) is 0 Å². The number of aliphatic carboxylic acids is 1. The predicted octanol–water partition coefficient (Wildman–Crippen LogP) is -0.291. The lowest BCUT2D eigenvalue weighted by molar-refractivity contribution is -0.142. The number of aliphatic hydroxyl groups excluding tert-OH is 1. The van der Waals surface area contributed by atoms with E-state index >= 15 is 0 Å². The van der Waals surface area contributed by atoms with Gasteiger partial charge in [-0.05, 0) is 13.8 Å². The number of aliphatic hydroxyl groups is 1. The Morgan fingerprint density at radius 3 is 2.50 bits per heavy atom. The minimum atomic E-state index is -1.08.